The largest absolute Gasteiger partial charge is 0.244 e. The summed E-state index contributed by atoms with van der Waals surface area (Å²) in [5, 5.41) is 10.2. The summed E-state index contributed by atoms with van der Waals surface area (Å²) < 4.78 is 0. The van der Waals surface area contributed by atoms with E-state index >= 15 is 0 Å². The summed E-state index contributed by atoms with van der Waals surface area (Å²) in [7, 11) is 0. The number of para-hydroxylation sites is 8. The molecule has 8 nitrogen and oxygen atoms in total. The van der Waals surface area contributed by atoms with Gasteiger partial charge in [-0.1, -0.05) is 158 Å². The SMILES string of the molecule is Cc1cc2c3c(cc(C)cc3c1)-c1nc3ccccc3nc1-2.Cc1cc2c3c(cccc3c1)-c1nc3ccccc3nc1-2.c1cc2c3c(cccc3c1)-c1nc3ccccc3nc1-2.c1cc2c3c(cccc3c1)-c1nc3ccccc3nc1-2. The quantitative estimate of drug-likeness (QED) is 0.148. The fourth-order valence-corrected chi connectivity index (χ4v) is 13.1. The van der Waals surface area contributed by atoms with Crippen LogP contribution in [0.2, 0.25) is 0 Å². The molecule has 20 rings (SSSR count). The fourth-order valence-electron chi connectivity index (χ4n) is 13.1. The van der Waals surface area contributed by atoms with Crippen molar-refractivity contribution in [3.05, 3.63) is 241 Å². The monoisotopic (exact) mass is 1060 g/mol. The van der Waals surface area contributed by atoms with Gasteiger partial charge in [0.05, 0.1) is 89.7 Å². The minimum Gasteiger partial charge on any atom is -0.244 e. The van der Waals surface area contributed by atoms with Gasteiger partial charge in [-0.15, -0.1) is 0 Å². The molecule has 0 fully saturated rings. The molecular weight excluding hydrogens is 1010 g/mol. The average molecular weight is 1060 g/mol. The summed E-state index contributed by atoms with van der Waals surface area (Å²) in [5.41, 5.74) is 29.2. The first kappa shape index (κ1) is 46.9. The summed E-state index contributed by atoms with van der Waals surface area (Å²) in [6, 6.07) is 77.6. The standard InChI is InChI=1S/C20H14N2.C19H12N2.2C18H10N2/c1-11-7-13-8-12(2)10-15-18(13)14(9-11)19-20(15)22-17-6-4-3-5-16(17)21-19;1-11-9-12-5-4-6-13-17(12)14(10-11)19-18(13)20-15-7-2-3-8-16(15)21-19;2*1-2-10-15-14(9-1)19-17-12-7-3-5-11-6-4-8-13(16(11)12)18(17)20-15/h3-10H,1-2H3;2-10H,1H3;2*1-10H. The van der Waals surface area contributed by atoms with Gasteiger partial charge < -0.3 is 0 Å². The predicted octanol–water partition coefficient (Wildman–Crippen LogP) is 18.6. The van der Waals surface area contributed by atoms with Gasteiger partial charge in [0.15, 0.2) is 0 Å². The molecule has 0 spiro atoms. The third-order valence-electron chi connectivity index (χ3n) is 16.6. The second kappa shape index (κ2) is 18.0. The predicted molar refractivity (Wildman–Crippen MR) is 340 cm³/mol. The number of rotatable bonds is 0. The van der Waals surface area contributed by atoms with Gasteiger partial charge in [-0.2, -0.15) is 0 Å². The lowest BCUT2D eigenvalue weighted by atomic mass is 9.99. The minimum atomic E-state index is 0.955. The van der Waals surface area contributed by atoms with Crippen molar-refractivity contribution in [2.45, 2.75) is 20.8 Å². The first-order chi connectivity index (χ1) is 40.8. The summed E-state index contributed by atoms with van der Waals surface area (Å²) in [6.07, 6.45) is 0. The highest BCUT2D eigenvalue weighted by atomic mass is 14.9. The normalized spacial score (nSPS) is 12.0. The molecule has 12 aromatic carbocycles. The van der Waals surface area contributed by atoms with Crippen LogP contribution in [0, 0.1) is 20.8 Å². The molecule has 0 bridgehead atoms. The van der Waals surface area contributed by atoms with Crippen molar-refractivity contribution in [3.8, 4) is 90.1 Å². The van der Waals surface area contributed by atoms with E-state index in [9.17, 15) is 0 Å². The van der Waals surface area contributed by atoms with Crippen LogP contribution in [0.5, 0.6) is 0 Å². The first-order valence-electron chi connectivity index (χ1n) is 28.1. The smallest absolute Gasteiger partial charge is 0.0979 e. The van der Waals surface area contributed by atoms with E-state index in [-0.39, 0.29) is 0 Å². The van der Waals surface area contributed by atoms with E-state index in [0.29, 0.717) is 0 Å². The van der Waals surface area contributed by atoms with Crippen LogP contribution >= 0.6 is 0 Å². The van der Waals surface area contributed by atoms with Crippen molar-refractivity contribution in [1.29, 1.82) is 0 Å². The Morgan fingerprint density at radius 3 is 0.651 bits per heavy atom. The highest BCUT2D eigenvalue weighted by Crippen LogP contribution is 2.50. The topological polar surface area (TPSA) is 103 Å². The average Bonchev–Trinajstić information content (AvgIpc) is 3.53. The highest BCUT2D eigenvalue weighted by molar-refractivity contribution is 6.18. The van der Waals surface area contributed by atoms with Crippen LogP contribution in [0.25, 0.3) is 177 Å². The lowest BCUT2D eigenvalue weighted by Gasteiger charge is -2.05. The van der Waals surface area contributed by atoms with Gasteiger partial charge in [0, 0.05) is 66.1 Å². The van der Waals surface area contributed by atoms with E-state index in [0.717, 1.165) is 89.7 Å². The summed E-state index contributed by atoms with van der Waals surface area (Å²) in [6.45, 7) is 6.42. The molecule has 0 amide bonds. The number of aromatic nitrogens is 8. The van der Waals surface area contributed by atoms with Crippen molar-refractivity contribution >= 4 is 87.2 Å². The van der Waals surface area contributed by atoms with Gasteiger partial charge in [-0.05, 0) is 126 Å². The Morgan fingerprint density at radius 2 is 0.386 bits per heavy atom. The van der Waals surface area contributed by atoms with Crippen LogP contribution in [0.4, 0.5) is 0 Å². The Hall–Kier alpha value is -11.0. The molecule has 4 aliphatic rings. The zero-order chi connectivity index (χ0) is 55.0. The number of hydrogen-bond acceptors (Lipinski definition) is 8. The first-order valence-corrected chi connectivity index (χ1v) is 28.1. The summed E-state index contributed by atoms with van der Waals surface area (Å²) in [5.74, 6) is 0. The third kappa shape index (κ3) is 7.32. The Bertz CT molecular complexity index is 5110. The molecule has 0 radical (unpaired) electrons. The molecule has 4 heterocycles. The lowest BCUT2D eigenvalue weighted by Crippen LogP contribution is -1.90. The molecule has 83 heavy (non-hydrogen) atoms. The van der Waals surface area contributed by atoms with E-state index in [1.165, 1.54) is 104 Å². The maximum Gasteiger partial charge on any atom is 0.0979 e. The summed E-state index contributed by atoms with van der Waals surface area (Å²) >= 11 is 0. The van der Waals surface area contributed by atoms with Crippen molar-refractivity contribution in [2.24, 2.45) is 0 Å². The molecule has 0 atom stereocenters. The number of nitrogens with zero attached hydrogens (tertiary/aromatic N) is 8. The van der Waals surface area contributed by atoms with Gasteiger partial charge in [0.2, 0.25) is 0 Å². The van der Waals surface area contributed by atoms with Gasteiger partial charge in [0.1, 0.15) is 0 Å². The molecule has 0 N–H and O–H groups in total. The van der Waals surface area contributed by atoms with Crippen LogP contribution in [-0.4, -0.2) is 39.9 Å². The van der Waals surface area contributed by atoms with E-state index in [1.807, 2.05) is 97.1 Å². The maximum absolute atomic E-state index is 4.90. The Kier molecular flexibility index (Phi) is 10.2. The molecule has 4 aromatic heterocycles. The number of benzene rings is 12. The van der Waals surface area contributed by atoms with Crippen LogP contribution in [-0.2, 0) is 0 Å². The lowest BCUT2D eigenvalue weighted by molar-refractivity contribution is 1.31. The molecule has 386 valence electrons. The van der Waals surface area contributed by atoms with Crippen molar-refractivity contribution in [3.63, 3.8) is 0 Å². The van der Waals surface area contributed by atoms with Gasteiger partial charge in [-0.3, -0.25) is 0 Å². The molecule has 0 unspecified atom stereocenters. The van der Waals surface area contributed by atoms with Crippen LogP contribution in [0.3, 0.4) is 0 Å². The van der Waals surface area contributed by atoms with Crippen LogP contribution in [0.1, 0.15) is 16.7 Å². The van der Waals surface area contributed by atoms with Crippen LogP contribution in [0.15, 0.2) is 224 Å². The Labute approximate surface area is 476 Å². The van der Waals surface area contributed by atoms with Crippen molar-refractivity contribution in [2.75, 3.05) is 0 Å². The minimum absolute atomic E-state index is 0.955. The second-order valence-electron chi connectivity index (χ2n) is 22.0. The summed E-state index contributed by atoms with van der Waals surface area (Å²) in [4.78, 5) is 38.9. The zero-order valence-corrected chi connectivity index (χ0v) is 45.4. The molecule has 0 aliphatic heterocycles. The van der Waals surface area contributed by atoms with E-state index < -0.39 is 0 Å². The Balaban J connectivity index is 0.0000000875. The molecule has 8 heteroatoms. The highest BCUT2D eigenvalue weighted by Gasteiger charge is 2.29. The third-order valence-corrected chi connectivity index (χ3v) is 16.6. The van der Waals surface area contributed by atoms with Gasteiger partial charge >= 0.3 is 0 Å². The van der Waals surface area contributed by atoms with Gasteiger partial charge in [-0.25, -0.2) is 39.9 Å². The molecule has 4 aliphatic carbocycles. The number of hydrogen-bond donors (Lipinski definition) is 0. The molecule has 0 saturated heterocycles. The molecule has 0 saturated carbocycles. The zero-order valence-electron chi connectivity index (χ0n) is 45.4. The number of fused-ring (bicyclic) bond motifs is 16. The van der Waals surface area contributed by atoms with E-state index in [1.54, 1.807) is 0 Å². The van der Waals surface area contributed by atoms with E-state index in [2.05, 4.69) is 148 Å². The molecular formula is C75H46N8. The van der Waals surface area contributed by atoms with Gasteiger partial charge in [0.25, 0.3) is 0 Å². The van der Waals surface area contributed by atoms with Crippen molar-refractivity contribution in [1.82, 2.24) is 39.9 Å². The second-order valence-corrected chi connectivity index (χ2v) is 22.0. The number of aryl methyl sites for hydroxylation is 3. The Morgan fingerprint density at radius 1 is 0.181 bits per heavy atom. The molecule has 16 aromatic rings. The maximum atomic E-state index is 4.90. The van der Waals surface area contributed by atoms with E-state index in [4.69, 9.17) is 39.9 Å². The van der Waals surface area contributed by atoms with Crippen molar-refractivity contribution < 1.29 is 0 Å². The van der Waals surface area contributed by atoms with Crippen LogP contribution < -0.4 is 0 Å². The fraction of sp³-hybridized carbons (Fsp3) is 0.0400.